The van der Waals surface area contributed by atoms with Gasteiger partial charge in [-0.1, -0.05) is 26.0 Å². The van der Waals surface area contributed by atoms with Crippen LogP contribution in [0.4, 0.5) is 0 Å². The van der Waals surface area contributed by atoms with Crippen LogP contribution >= 0.6 is 0 Å². The Kier molecular flexibility index (Phi) is 4.20. The van der Waals surface area contributed by atoms with Crippen molar-refractivity contribution in [2.75, 3.05) is 0 Å². The van der Waals surface area contributed by atoms with Crippen LogP contribution in [0.5, 0.6) is 0 Å². The SMILES string of the molecule is C=C(C)C(=O)O[C@H]1CC[C@H]2[C@@H]3CCC4=CC(=O)CC[C@]4(C)[C@H]3CC[C@]12C. The lowest BCUT2D eigenvalue weighted by atomic mass is 9.47. The second kappa shape index (κ2) is 6.07. The van der Waals surface area contributed by atoms with E-state index in [-0.39, 0.29) is 22.9 Å². The van der Waals surface area contributed by atoms with E-state index >= 15 is 0 Å². The van der Waals surface area contributed by atoms with Gasteiger partial charge in [-0.15, -0.1) is 0 Å². The Bertz CT molecular complexity index is 690. The molecule has 0 N–H and O–H groups in total. The van der Waals surface area contributed by atoms with Gasteiger partial charge in [0, 0.05) is 17.4 Å². The van der Waals surface area contributed by atoms with E-state index in [9.17, 15) is 9.59 Å². The van der Waals surface area contributed by atoms with Gasteiger partial charge < -0.3 is 4.74 Å². The standard InChI is InChI=1S/C23H32O3/c1-14(2)21(25)26-20-8-7-18-17-6-5-15-13-16(24)9-11-22(15,3)19(17)10-12-23(18,20)4/h13,17-20H,1,5-12H2,2-4H3/t17-,18-,19-,20-,22-,23-/m0/s1. The molecule has 4 aliphatic rings. The molecular weight excluding hydrogens is 324 g/mol. The Labute approximate surface area is 157 Å². The van der Waals surface area contributed by atoms with Gasteiger partial charge in [-0.3, -0.25) is 4.79 Å². The zero-order valence-corrected chi connectivity index (χ0v) is 16.5. The first-order chi connectivity index (χ1) is 12.3. The molecule has 0 aromatic heterocycles. The molecule has 0 saturated heterocycles. The number of carbonyl (C=O) groups excluding carboxylic acids is 2. The Balaban J connectivity index is 1.58. The first-order valence-electron chi connectivity index (χ1n) is 10.4. The highest BCUT2D eigenvalue weighted by molar-refractivity contribution is 5.91. The number of allylic oxidation sites excluding steroid dienone is 1. The van der Waals surface area contributed by atoms with Crippen molar-refractivity contribution in [3.63, 3.8) is 0 Å². The van der Waals surface area contributed by atoms with E-state index in [0.29, 0.717) is 35.5 Å². The summed E-state index contributed by atoms with van der Waals surface area (Å²) < 4.78 is 5.88. The Morgan fingerprint density at radius 1 is 1.12 bits per heavy atom. The van der Waals surface area contributed by atoms with E-state index in [0.717, 1.165) is 25.7 Å². The van der Waals surface area contributed by atoms with Crippen LogP contribution in [0.3, 0.4) is 0 Å². The normalized spacial score (nSPS) is 44.4. The van der Waals surface area contributed by atoms with Crippen molar-refractivity contribution in [1.82, 2.24) is 0 Å². The molecule has 0 unspecified atom stereocenters. The van der Waals surface area contributed by atoms with Gasteiger partial charge in [0.1, 0.15) is 6.10 Å². The number of carbonyl (C=O) groups is 2. The second-order valence-electron chi connectivity index (χ2n) is 9.76. The Morgan fingerprint density at radius 2 is 1.88 bits per heavy atom. The van der Waals surface area contributed by atoms with Gasteiger partial charge in [0.25, 0.3) is 0 Å². The van der Waals surface area contributed by atoms with Crippen molar-refractivity contribution in [3.8, 4) is 0 Å². The zero-order valence-electron chi connectivity index (χ0n) is 16.5. The summed E-state index contributed by atoms with van der Waals surface area (Å²) in [6.07, 6.45) is 10.5. The lowest BCUT2D eigenvalue weighted by Gasteiger charge is -2.57. The first kappa shape index (κ1) is 18.0. The third-order valence-corrected chi connectivity index (χ3v) is 8.47. The van der Waals surface area contributed by atoms with Gasteiger partial charge in [0.05, 0.1) is 0 Å². The highest BCUT2D eigenvalue weighted by atomic mass is 16.5. The van der Waals surface area contributed by atoms with Crippen molar-refractivity contribution in [2.24, 2.45) is 28.6 Å². The molecule has 3 saturated carbocycles. The molecule has 0 spiro atoms. The summed E-state index contributed by atoms with van der Waals surface area (Å²) in [4.78, 5) is 24.0. The van der Waals surface area contributed by atoms with Crippen LogP contribution in [-0.2, 0) is 14.3 Å². The summed E-state index contributed by atoms with van der Waals surface area (Å²) in [6.45, 7) is 10.2. The molecule has 6 atom stereocenters. The van der Waals surface area contributed by atoms with Crippen LogP contribution in [0.25, 0.3) is 0 Å². The predicted octanol–water partition coefficient (Wildman–Crippen LogP) is 5.01. The van der Waals surface area contributed by atoms with E-state index in [4.69, 9.17) is 4.74 Å². The van der Waals surface area contributed by atoms with Gasteiger partial charge in [-0.2, -0.15) is 0 Å². The van der Waals surface area contributed by atoms with Crippen LogP contribution in [0, 0.1) is 28.6 Å². The monoisotopic (exact) mass is 356 g/mol. The van der Waals surface area contributed by atoms with E-state index in [2.05, 4.69) is 20.4 Å². The smallest absolute Gasteiger partial charge is 0.333 e. The summed E-state index contributed by atoms with van der Waals surface area (Å²) in [7, 11) is 0. The number of ketones is 1. The minimum atomic E-state index is -0.231. The molecule has 0 heterocycles. The predicted molar refractivity (Wildman–Crippen MR) is 101 cm³/mol. The quantitative estimate of drug-likeness (QED) is 0.516. The van der Waals surface area contributed by atoms with Crippen molar-refractivity contribution >= 4 is 11.8 Å². The van der Waals surface area contributed by atoms with Gasteiger partial charge >= 0.3 is 5.97 Å². The molecular formula is C23H32O3. The summed E-state index contributed by atoms with van der Waals surface area (Å²) in [6, 6.07) is 0. The fraction of sp³-hybridized carbons (Fsp3) is 0.739. The van der Waals surface area contributed by atoms with Gasteiger partial charge in [0.15, 0.2) is 5.78 Å². The number of hydrogen-bond acceptors (Lipinski definition) is 3. The topological polar surface area (TPSA) is 43.4 Å². The molecule has 0 aromatic rings. The van der Waals surface area contributed by atoms with Crippen LogP contribution < -0.4 is 0 Å². The molecule has 4 aliphatic carbocycles. The van der Waals surface area contributed by atoms with Crippen LogP contribution in [0.1, 0.15) is 72.1 Å². The van der Waals surface area contributed by atoms with Gasteiger partial charge in [0.2, 0.25) is 0 Å². The molecule has 0 amide bonds. The second-order valence-corrected chi connectivity index (χ2v) is 9.76. The molecule has 142 valence electrons. The lowest BCUT2D eigenvalue weighted by Crippen LogP contribution is -2.51. The summed E-state index contributed by atoms with van der Waals surface area (Å²) >= 11 is 0. The fourth-order valence-electron chi connectivity index (χ4n) is 6.93. The van der Waals surface area contributed by atoms with E-state index in [1.807, 2.05) is 6.08 Å². The largest absolute Gasteiger partial charge is 0.458 e. The number of esters is 1. The van der Waals surface area contributed by atoms with Crippen molar-refractivity contribution in [1.29, 1.82) is 0 Å². The maximum absolute atomic E-state index is 12.1. The number of hydrogen-bond donors (Lipinski definition) is 0. The Morgan fingerprint density at radius 3 is 2.62 bits per heavy atom. The van der Waals surface area contributed by atoms with E-state index in [1.54, 1.807) is 6.92 Å². The van der Waals surface area contributed by atoms with E-state index in [1.165, 1.54) is 24.8 Å². The third-order valence-electron chi connectivity index (χ3n) is 8.47. The average molecular weight is 357 g/mol. The molecule has 3 nitrogen and oxygen atoms in total. The summed E-state index contributed by atoms with van der Waals surface area (Å²) in [5.41, 5.74) is 2.23. The molecule has 0 aliphatic heterocycles. The molecule has 0 bridgehead atoms. The number of ether oxygens (including phenoxy) is 1. The van der Waals surface area contributed by atoms with Crippen molar-refractivity contribution < 1.29 is 14.3 Å². The Hall–Kier alpha value is -1.38. The molecule has 0 aromatic carbocycles. The first-order valence-corrected chi connectivity index (χ1v) is 10.4. The average Bonchev–Trinajstić information content (AvgIpc) is 2.92. The highest BCUT2D eigenvalue weighted by Gasteiger charge is 2.59. The van der Waals surface area contributed by atoms with E-state index < -0.39 is 0 Å². The van der Waals surface area contributed by atoms with Crippen LogP contribution in [0.15, 0.2) is 23.8 Å². The van der Waals surface area contributed by atoms with Crippen molar-refractivity contribution in [3.05, 3.63) is 23.8 Å². The molecule has 26 heavy (non-hydrogen) atoms. The molecule has 0 radical (unpaired) electrons. The van der Waals surface area contributed by atoms with Gasteiger partial charge in [-0.25, -0.2) is 4.79 Å². The molecule has 4 rings (SSSR count). The lowest BCUT2D eigenvalue weighted by molar-refractivity contribution is -0.155. The summed E-state index contributed by atoms with van der Waals surface area (Å²) in [5.74, 6) is 2.12. The van der Waals surface area contributed by atoms with Gasteiger partial charge in [-0.05, 0) is 81.1 Å². The minimum absolute atomic E-state index is 0.0373. The molecule has 3 fully saturated rings. The van der Waals surface area contributed by atoms with Crippen LogP contribution in [0.2, 0.25) is 0 Å². The number of rotatable bonds is 2. The fourth-order valence-corrected chi connectivity index (χ4v) is 6.93. The summed E-state index contributed by atoms with van der Waals surface area (Å²) in [5, 5.41) is 0. The maximum atomic E-state index is 12.1. The maximum Gasteiger partial charge on any atom is 0.333 e. The van der Waals surface area contributed by atoms with Crippen LogP contribution in [-0.4, -0.2) is 17.9 Å². The third kappa shape index (κ3) is 2.53. The van der Waals surface area contributed by atoms with Crippen molar-refractivity contribution in [2.45, 2.75) is 78.2 Å². The molecule has 3 heteroatoms. The minimum Gasteiger partial charge on any atom is -0.458 e. The zero-order chi connectivity index (χ0) is 18.7. The highest BCUT2D eigenvalue weighted by Crippen LogP contribution is 2.65. The number of fused-ring (bicyclic) bond motifs is 5.